The molecule has 1 amide bonds. The van der Waals surface area contributed by atoms with Gasteiger partial charge in [0.1, 0.15) is 11.5 Å². The topological polar surface area (TPSA) is 38.3 Å². The summed E-state index contributed by atoms with van der Waals surface area (Å²) >= 11 is 0. The number of fused-ring (bicyclic) bond motifs is 2. The summed E-state index contributed by atoms with van der Waals surface area (Å²) in [6.07, 6.45) is 5.98. The molecule has 2 aliphatic carbocycles. The minimum Gasteiger partial charge on any atom is -0.457 e. The van der Waals surface area contributed by atoms with Gasteiger partial charge in [0.2, 0.25) is 5.91 Å². The number of carbonyl (C=O) groups excluding carboxylic acids is 1. The van der Waals surface area contributed by atoms with Crippen molar-refractivity contribution in [3.63, 3.8) is 0 Å². The van der Waals surface area contributed by atoms with Crippen LogP contribution in [0, 0.1) is 24.7 Å². The molecule has 0 heterocycles. The maximum atomic E-state index is 12.3. The van der Waals surface area contributed by atoms with Crippen molar-refractivity contribution in [1.29, 1.82) is 0 Å². The van der Waals surface area contributed by atoms with Gasteiger partial charge in [0.05, 0.1) is 0 Å². The van der Waals surface area contributed by atoms with Gasteiger partial charge in [-0.25, -0.2) is 0 Å². The number of nitrogens with one attached hydrogen (secondary N) is 1. The Morgan fingerprint density at radius 3 is 2.60 bits per heavy atom. The minimum absolute atomic E-state index is 0.143. The Labute approximate surface area is 149 Å². The number of ether oxygens (including phenoxy) is 1. The molecular formula is C22H25NO2. The zero-order chi connectivity index (χ0) is 17.2. The first-order valence-corrected chi connectivity index (χ1v) is 9.30. The Morgan fingerprint density at radius 1 is 1.08 bits per heavy atom. The summed E-state index contributed by atoms with van der Waals surface area (Å²) in [7, 11) is 0. The third-order valence-electron chi connectivity index (χ3n) is 5.70. The Hall–Kier alpha value is -2.29. The average molecular weight is 335 g/mol. The fourth-order valence-electron chi connectivity index (χ4n) is 4.50. The third kappa shape index (κ3) is 3.87. The number of hydrogen-bond acceptors (Lipinski definition) is 2. The molecule has 0 radical (unpaired) electrons. The second-order valence-corrected chi connectivity index (χ2v) is 7.63. The predicted molar refractivity (Wildman–Crippen MR) is 99.9 cm³/mol. The van der Waals surface area contributed by atoms with Crippen LogP contribution < -0.4 is 10.1 Å². The van der Waals surface area contributed by atoms with E-state index in [4.69, 9.17) is 4.74 Å². The van der Waals surface area contributed by atoms with Gasteiger partial charge >= 0.3 is 0 Å². The molecule has 2 aliphatic rings. The summed E-state index contributed by atoms with van der Waals surface area (Å²) < 4.78 is 5.85. The van der Waals surface area contributed by atoms with Crippen molar-refractivity contribution in [2.75, 3.05) is 5.32 Å². The van der Waals surface area contributed by atoms with Gasteiger partial charge in [-0.3, -0.25) is 4.79 Å². The zero-order valence-corrected chi connectivity index (χ0v) is 14.7. The lowest BCUT2D eigenvalue weighted by Gasteiger charge is -2.20. The van der Waals surface area contributed by atoms with Gasteiger partial charge in [-0.1, -0.05) is 18.6 Å². The Kier molecular flexibility index (Phi) is 4.48. The van der Waals surface area contributed by atoms with E-state index in [1.165, 1.54) is 31.2 Å². The van der Waals surface area contributed by atoms with E-state index < -0.39 is 0 Å². The van der Waals surface area contributed by atoms with Gasteiger partial charge in [-0.15, -0.1) is 0 Å². The summed E-state index contributed by atoms with van der Waals surface area (Å²) in [4.78, 5) is 12.3. The molecule has 3 nitrogen and oxygen atoms in total. The molecular weight excluding hydrogens is 310 g/mol. The molecule has 2 fully saturated rings. The van der Waals surface area contributed by atoms with Crippen LogP contribution in [-0.4, -0.2) is 5.91 Å². The van der Waals surface area contributed by atoms with Gasteiger partial charge in [0.25, 0.3) is 0 Å². The van der Waals surface area contributed by atoms with Crippen LogP contribution in [0.25, 0.3) is 0 Å². The molecule has 3 heteroatoms. The third-order valence-corrected chi connectivity index (χ3v) is 5.70. The quantitative estimate of drug-likeness (QED) is 0.777. The van der Waals surface area contributed by atoms with Gasteiger partial charge < -0.3 is 10.1 Å². The van der Waals surface area contributed by atoms with E-state index in [1.54, 1.807) is 0 Å². The van der Waals surface area contributed by atoms with E-state index in [1.807, 2.05) is 55.5 Å². The minimum atomic E-state index is 0.143. The number of amides is 1. The summed E-state index contributed by atoms with van der Waals surface area (Å²) in [5.41, 5.74) is 2.01. The lowest BCUT2D eigenvalue weighted by Crippen LogP contribution is -2.20. The van der Waals surface area contributed by atoms with Crippen molar-refractivity contribution < 1.29 is 9.53 Å². The molecule has 1 N–H and O–H groups in total. The molecule has 2 bridgehead atoms. The molecule has 0 aromatic heterocycles. The second-order valence-electron chi connectivity index (χ2n) is 7.63. The second kappa shape index (κ2) is 6.91. The normalized spacial score (nSPS) is 24.3. The van der Waals surface area contributed by atoms with E-state index in [2.05, 4.69) is 5.32 Å². The average Bonchev–Trinajstić information content (AvgIpc) is 3.19. The highest BCUT2D eigenvalue weighted by atomic mass is 16.5. The predicted octanol–water partition coefficient (Wildman–Crippen LogP) is 5.55. The molecule has 0 saturated heterocycles. The molecule has 0 unspecified atom stereocenters. The highest BCUT2D eigenvalue weighted by Gasteiger charge is 2.40. The van der Waals surface area contributed by atoms with Crippen LogP contribution in [0.4, 0.5) is 5.69 Å². The van der Waals surface area contributed by atoms with Crippen LogP contribution in [0.1, 0.15) is 37.7 Å². The summed E-state index contributed by atoms with van der Waals surface area (Å²) in [5, 5.41) is 3.03. The number of carbonyl (C=O) groups is 1. The monoisotopic (exact) mass is 335 g/mol. The first kappa shape index (κ1) is 16.2. The van der Waals surface area contributed by atoms with E-state index in [0.29, 0.717) is 12.3 Å². The smallest absolute Gasteiger partial charge is 0.224 e. The molecule has 4 rings (SSSR count). The Morgan fingerprint density at radius 2 is 1.92 bits per heavy atom. The molecule has 130 valence electrons. The molecule has 0 aliphatic heterocycles. The van der Waals surface area contributed by atoms with Crippen molar-refractivity contribution in [2.24, 2.45) is 17.8 Å². The largest absolute Gasteiger partial charge is 0.457 e. The van der Waals surface area contributed by atoms with Crippen LogP contribution in [0.15, 0.2) is 48.5 Å². The van der Waals surface area contributed by atoms with Gasteiger partial charge in [0.15, 0.2) is 0 Å². The molecule has 2 saturated carbocycles. The molecule has 2 aromatic rings. The van der Waals surface area contributed by atoms with Crippen molar-refractivity contribution in [3.05, 3.63) is 54.1 Å². The van der Waals surface area contributed by atoms with Gasteiger partial charge in [0, 0.05) is 12.1 Å². The van der Waals surface area contributed by atoms with Crippen LogP contribution in [0.5, 0.6) is 11.5 Å². The number of aryl methyl sites for hydroxylation is 1. The van der Waals surface area contributed by atoms with Gasteiger partial charge in [-0.05, 0) is 85.9 Å². The SMILES string of the molecule is Cc1cccc(Oc2ccc(NC(=O)C[C@@H]3C[C@H]4CC[C@@H]3C4)cc2)c1. The van der Waals surface area contributed by atoms with E-state index in [-0.39, 0.29) is 5.91 Å². The molecule has 25 heavy (non-hydrogen) atoms. The number of hydrogen-bond donors (Lipinski definition) is 1. The highest BCUT2D eigenvalue weighted by Crippen LogP contribution is 2.49. The van der Waals surface area contributed by atoms with Crippen LogP contribution in [-0.2, 0) is 4.79 Å². The lowest BCUT2D eigenvalue weighted by molar-refractivity contribution is -0.117. The Bertz CT molecular complexity index is 753. The lowest BCUT2D eigenvalue weighted by atomic mass is 9.86. The van der Waals surface area contributed by atoms with E-state index >= 15 is 0 Å². The number of benzene rings is 2. The van der Waals surface area contributed by atoms with Crippen LogP contribution >= 0.6 is 0 Å². The number of anilines is 1. The fourth-order valence-corrected chi connectivity index (χ4v) is 4.50. The highest BCUT2D eigenvalue weighted by molar-refractivity contribution is 5.90. The van der Waals surface area contributed by atoms with Crippen LogP contribution in [0.2, 0.25) is 0 Å². The van der Waals surface area contributed by atoms with Gasteiger partial charge in [-0.2, -0.15) is 0 Å². The summed E-state index contributed by atoms with van der Waals surface area (Å²) in [6, 6.07) is 15.6. The van der Waals surface area contributed by atoms with Crippen molar-refractivity contribution in [1.82, 2.24) is 0 Å². The van der Waals surface area contributed by atoms with Crippen LogP contribution in [0.3, 0.4) is 0 Å². The molecule has 2 aromatic carbocycles. The maximum Gasteiger partial charge on any atom is 0.224 e. The molecule has 0 spiro atoms. The number of rotatable bonds is 5. The first-order chi connectivity index (χ1) is 12.2. The van der Waals surface area contributed by atoms with E-state index in [0.717, 1.165) is 29.0 Å². The first-order valence-electron chi connectivity index (χ1n) is 9.30. The van der Waals surface area contributed by atoms with Crippen molar-refractivity contribution in [3.8, 4) is 11.5 Å². The fraction of sp³-hybridized carbons (Fsp3) is 0.409. The summed E-state index contributed by atoms with van der Waals surface area (Å²) in [6.45, 7) is 2.04. The Balaban J connectivity index is 1.31. The van der Waals surface area contributed by atoms with E-state index in [9.17, 15) is 4.79 Å². The van der Waals surface area contributed by atoms with Crippen molar-refractivity contribution >= 4 is 11.6 Å². The standard InChI is InChI=1S/C22H25NO2/c1-15-3-2-4-21(11-15)25-20-9-7-19(8-10-20)23-22(24)14-18-13-16-5-6-17(18)12-16/h2-4,7-11,16-18H,5-6,12-14H2,1H3,(H,23,24)/t16-,17+,18-/m0/s1. The summed E-state index contributed by atoms with van der Waals surface area (Å²) in [5.74, 6) is 4.03. The van der Waals surface area contributed by atoms with Crippen molar-refractivity contribution in [2.45, 2.75) is 39.0 Å². The zero-order valence-electron chi connectivity index (χ0n) is 14.7. The maximum absolute atomic E-state index is 12.3. The molecule has 3 atom stereocenters.